The molecule has 0 amide bonds. The summed E-state index contributed by atoms with van der Waals surface area (Å²) in [7, 11) is -3.90. The van der Waals surface area contributed by atoms with Crippen LogP contribution in [0.4, 0.5) is 5.82 Å². The fourth-order valence-electron chi connectivity index (χ4n) is 4.21. The van der Waals surface area contributed by atoms with Crippen LogP contribution < -0.4 is 21.0 Å². The van der Waals surface area contributed by atoms with Crippen LogP contribution in [0.5, 0.6) is 0 Å². The maximum Gasteiger partial charge on any atom is 0.239 e. The minimum Gasteiger partial charge on any atom is -0.364 e. The Labute approximate surface area is 197 Å². The van der Waals surface area contributed by atoms with Crippen molar-refractivity contribution >= 4 is 27.5 Å². The van der Waals surface area contributed by atoms with Crippen molar-refractivity contribution in [3.05, 3.63) is 82.9 Å². The summed E-state index contributed by atoms with van der Waals surface area (Å²) < 4.78 is 23.7. The zero-order valence-corrected chi connectivity index (χ0v) is 19.3. The Hall–Kier alpha value is -3.69. The van der Waals surface area contributed by atoms with Crippen LogP contribution in [0.2, 0.25) is 0 Å². The molecule has 0 saturated heterocycles. The molecule has 3 aromatic rings. The lowest BCUT2D eigenvalue weighted by atomic mass is 9.90. The molecule has 2 aliphatic carbocycles. The number of anilines is 1. The second-order valence-corrected chi connectivity index (χ2v) is 9.73. The first-order chi connectivity index (χ1) is 16.5. The Morgan fingerprint density at radius 3 is 2.76 bits per heavy atom. The SMILES string of the molecule is NS(=O)(=O)c1cncc(-c2nc(NCc3ccccn3)c3c(n2)=CCCC=3C2=CC=CCC2)c1. The Balaban J connectivity index is 1.69. The van der Waals surface area contributed by atoms with Gasteiger partial charge >= 0.3 is 0 Å². The van der Waals surface area contributed by atoms with Crippen molar-refractivity contribution in [3.63, 3.8) is 0 Å². The van der Waals surface area contributed by atoms with E-state index in [-0.39, 0.29) is 4.90 Å². The number of rotatable bonds is 6. The summed E-state index contributed by atoms with van der Waals surface area (Å²) in [5.74, 6) is 1.07. The largest absolute Gasteiger partial charge is 0.364 e. The summed E-state index contributed by atoms with van der Waals surface area (Å²) in [6, 6.07) is 7.23. The number of nitrogens with one attached hydrogen (secondary N) is 1. The monoisotopic (exact) mass is 472 g/mol. The third-order valence-corrected chi connectivity index (χ3v) is 6.72. The number of nitrogens with two attached hydrogens (primary N) is 1. The molecule has 0 aromatic carbocycles. The second kappa shape index (κ2) is 9.28. The van der Waals surface area contributed by atoms with Crippen LogP contribution in [-0.4, -0.2) is 28.4 Å². The van der Waals surface area contributed by atoms with E-state index in [4.69, 9.17) is 15.1 Å². The van der Waals surface area contributed by atoms with Gasteiger partial charge in [0.1, 0.15) is 10.7 Å². The van der Waals surface area contributed by atoms with Gasteiger partial charge in [0.15, 0.2) is 5.82 Å². The summed E-state index contributed by atoms with van der Waals surface area (Å²) in [4.78, 5) is 18.0. The third kappa shape index (κ3) is 4.66. The zero-order valence-electron chi connectivity index (χ0n) is 18.5. The molecule has 0 unspecified atom stereocenters. The van der Waals surface area contributed by atoms with Gasteiger partial charge in [0.25, 0.3) is 0 Å². The highest BCUT2D eigenvalue weighted by molar-refractivity contribution is 7.89. The van der Waals surface area contributed by atoms with Crippen molar-refractivity contribution in [2.75, 3.05) is 5.32 Å². The molecule has 5 rings (SSSR count). The molecule has 34 heavy (non-hydrogen) atoms. The molecule has 0 radical (unpaired) electrons. The van der Waals surface area contributed by atoms with Crippen LogP contribution in [0.25, 0.3) is 23.0 Å². The summed E-state index contributed by atoms with van der Waals surface area (Å²) in [5.41, 5.74) is 3.91. The molecule has 3 aromatic heterocycles. The minimum atomic E-state index is -3.90. The van der Waals surface area contributed by atoms with Gasteiger partial charge in [-0.3, -0.25) is 9.97 Å². The number of fused-ring (bicyclic) bond motifs is 1. The topological polar surface area (TPSA) is 124 Å². The van der Waals surface area contributed by atoms with Crippen LogP contribution in [0, 0.1) is 0 Å². The average molecular weight is 473 g/mol. The van der Waals surface area contributed by atoms with Crippen molar-refractivity contribution in [2.45, 2.75) is 37.1 Å². The van der Waals surface area contributed by atoms with Crippen molar-refractivity contribution in [3.8, 4) is 11.4 Å². The van der Waals surface area contributed by atoms with E-state index < -0.39 is 10.0 Å². The molecular weight excluding hydrogens is 448 g/mol. The minimum absolute atomic E-state index is 0.0790. The van der Waals surface area contributed by atoms with Crippen molar-refractivity contribution < 1.29 is 8.42 Å². The first-order valence-corrected chi connectivity index (χ1v) is 12.6. The van der Waals surface area contributed by atoms with Gasteiger partial charge in [-0.1, -0.05) is 30.4 Å². The van der Waals surface area contributed by atoms with Gasteiger partial charge in [0.05, 0.1) is 17.6 Å². The predicted molar refractivity (Wildman–Crippen MR) is 131 cm³/mol. The van der Waals surface area contributed by atoms with Crippen LogP contribution in [0.1, 0.15) is 31.4 Å². The Bertz CT molecular complexity index is 1530. The second-order valence-electron chi connectivity index (χ2n) is 8.17. The van der Waals surface area contributed by atoms with E-state index in [1.165, 1.54) is 23.4 Å². The number of sulfonamides is 1. The third-order valence-electron chi connectivity index (χ3n) is 5.84. The molecule has 172 valence electrons. The van der Waals surface area contributed by atoms with Gasteiger partial charge in [0.2, 0.25) is 10.0 Å². The van der Waals surface area contributed by atoms with Crippen LogP contribution >= 0.6 is 0 Å². The summed E-state index contributed by atoms with van der Waals surface area (Å²) >= 11 is 0. The maximum atomic E-state index is 11.8. The summed E-state index contributed by atoms with van der Waals surface area (Å²) in [6.45, 7) is 0.492. The smallest absolute Gasteiger partial charge is 0.239 e. The number of allylic oxidation sites excluding steroid dienone is 4. The number of nitrogens with zero attached hydrogens (tertiary/aromatic N) is 4. The molecule has 0 aliphatic heterocycles. The van der Waals surface area contributed by atoms with Crippen molar-refractivity contribution in [2.24, 2.45) is 5.14 Å². The van der Waals surface area contributed by atoms with Gasteiger partial charge in [0, 0.05) is 29.4 Å². The molecule has 8 nitrogen and oxygen atoms in total. The number of pyridine rings is 2. The number of hydrogen-bond acceptors (Lipinski definition) is 7. The molecule has 0 atom stereocenters. The molecule has 0 bridgehead atoms. The van der Waals surface area contributed by atoms with E-state index in [0.717, 1.165) is 41.9 Å². The highest BCUT2D eigenvalue weighted by Crippen LogP contribution is 2.26. The molecule has 3 N–H and O–H groups in total. The van der Waals surface area contributed by atoms with Gasteiger partial charge in [-0.25, -0.2) is 23.5 Å². The number of hydrogen-bond donors (Lipinski definition) is 2. The fourth-order valence-corrected chi connectivity index (χ4v) is 4.71. The quantitative estimate of drug-likeness (QED) is 0.564. The van der Waals surface area contributed by atoms with E-state index in [2.05, 4.69) is 39.6 Å². The molecule has 3 heterocycles. The summed E-state index contributed by atoms with van der Waals surface area (Å²) in [6.07, 6.45) is 16.8. The molecule has 0 fully saturated rings. The van der Waals surface area contributed by atoms with Crippen LogP contribution in [0.15, 0.2) is 71.6 Å². The lowest BCUT2D eigenvalue weighted by Gasteiger charge is -2.19. The molecule has 0 saturated carbocycles. The lowest BCUT2D eigenvalue weighted by molar-refractivity contribution is 0.597. The van der Waals surface area contributed by atoms with Gasteiger partial charge in [-0.05, 0) is 55.0 Å². The fraction of sp³-hybridized carbons (Fsp3) is 0.200. The lowest BCUT2D eigenvalue weighted by Crippen LogP contribution is -2.37. The van der Waals surface area contributed by atoms with Gasteiger partial charge in [-0.15, -0.1) is 0 Å². The van der Waals surface area contributed by atoms with Gasteiger partial charge in [-0.2, -0.15) is 0 Å². The van der Waals surface area contributed by atoms with Crippen molar-refractivity contribution in [1.29, 1.82) is 0 Å². The van der Waals surface area contributed by atoms with E-state index in [9.17, 15) is 8.42 Å². The first-order valence-electron chi connectivity index (χ1n) is 11.1. The Kier molecular flexibility index (Phi) is 6.04. The van der Waals surface area contributed by atoms with E-state index in [1.807, 2.05) is 18.2 Å². The highest BCUT2D eigenvalue weighted by Gasteiger charge is 2.18. The predicted octanol–water partition coefficient (Wildman–Crippen LogP) is 2.19. The normalized spacial score (nSPS) is 15.3. The average Bonchev–Trinajstić information content (AvgIpc) is 2.87. The molecule has 2 aliphatic rings. The molecule has 0 spiro atoms. The summed E-state index contributed by atoms with van der Waals surface area (Å²) in [5, 5.41) is 10.6. The van der Waals surface area contributed by atoms with E-state index in [0.29, 0.717) is 23.8 Å². The van der Waals surface area contributed by atoms with E-state index in [1.54, 1.807) is 12.4 Å². The Morgan fingerprint density at radius 2 is 2.00 bits per heavy atom. The van der Waals surface area contributed by atoms with Gasteiger partial charge < -0.3 is 5.32 Å². The maximum absolute atomic E-state index is 11.8. The molecule has 9 heteroatoms. The standard InChI is InChI=1S/C25H24N6O2S/c26-34(32,33)20-13-18(14-27-16-20)24-30-22-11-6-10-21(17-7-2-1-3-8-17)23(22)25(31-24)29-15-19-9-4-5-12-28-19/h1-2,4-5,7,9,11-14,16H,3,6,8,10,15H2,(H2,26,32,33)(H,29,30,31). The number of aromatic nitrogens is 4. The number of primary sulfonamides is 1. The molecular formula is C25H24N6O2S. The van der Waals surface area contributed by atoms with Crippen molar-refractivity contribution in [1.82, 2.24) is 19.9 Å². The highest BCUT2D eigenvalue weighted by atomic mass is 32.2. The first kappa shape index (κ1) is 22.1. The zero-order chi connectivity index (χ0) is 23.5. The van der Waals surface area contributed by atoms with E-state index >= 15 is 0 Å². The Morgan fingerprint density at radius 1 is 1.09 bits per heavy atom. The van der Waals surface area contributed by atoms with Crippen LogP contribution in [-0.2, 0) is 16.6 Å². The van der Waals surface area contributed by atoms with Crippen LogP contribution in [0.3, 0.4) is 0 Å².